The first-order valence-electron chi connectivity index (χ1n) is 10.7. The fraction of sp³-hybridized carbons (Fsp3) is 0.375. The maximum atomic E-state index is 13.6. The van der Waals surface area contributed by atoms with Crippen LogP contribution in [0.4, 0.5) is 5.88 Å². The predicted octanol–water partition coefficient (Wildman–Crippen LogP) is 4.50. The van der Waals surface area contributed by atoms with Crippen molar-refractivity contribution in [3.05, 3.63) is 54.1 Å². The largest absolute Gasteiger partial charge is 0.494 e. The van der Waals surface area contributed by atoms with E-state index >= 15 is 0 Å². The Hall–Kier alpha value is -2.84. The van der Waals surface area contributed by atoms with E-state index in [2.05, 4.69) is 4.98 Å². The smallest absolute Gasteiger partial charge is 0.236 e. The molecule has 1 fully saturated rings. The molecule has 1 aromatic heterocycles. The SMILES string of the molecule is CCOc1ccc(-c2nc(S(=O)(=O)c3ccc(C)cc3)c(N3CC(C)OC(C)C3)o2)cc1. The Morgan fingerprint density at radius 3 is 2.25 bits per heavy atom. The minimum Gasteiger partial charge on any atom is -0.494 e. The average molecular weight is 457 g/mol. The zero-order valence-corrected chi connectivity index (χ0v) is 19.6. The van der Waals surface area contributed by atoms with E-state index in [9.17, 15) is 8.42 Å². The predicted molar refractivity (Wildman–Crippen MR) is 122 cm³/mol. The molecule has 2 atom stereocenters. The molecule has 1 aliphatic heterocycles. The summed E-state index contributed by atoms with van der Waals surface area (Å²) in [5.41, 5.74) is 1.66. The molecule has 0 bridgehead atoms. The van der Waals surface area contributed by atoms with Gasteiger partial charge in [0.25, 0.3) is 0 Å². The van der Waals surface area contributed by atoms with Gasteiger partial charge in [0.1, 0.15) is 5.75 Å². The van der Waals surface area contributed by atoms with Gasteiger partial charge in [0.05, 0.1) is 23.7 Å². The molecular weight excluding hydrogens is 428 g/mol. The van der Waals surface area contributed by atoms with E-state index in [4.69, 9.17) is 13.9 Å². The Bertz CT molecular complexity index is 1160. The third-order valence-electron chi connectivity index (χ3n) is 5.28. The van der Waals surface area contributed by atoms with Crippen molar-refractivity contribution in [1.82, 2.24) is 4.98 Å². The third-order valence-corrected chi connectivity index (χ3v) is 6.95. The molecule has 0 amide bonds. The molecule has 0 aliphatic carbocycles. The summed E-state index contributed by atoms with van der Waals surface area (Å²) in [6.07, 6.45) is -0.125. The van der Waals surface area contributed by atoms with Crippen LogP contribution in [0.25, 0.3) is 11.5 Å². The van der Waals surface area contributed by atoms with Crippen LogP contribution in [0.5, 0.6) is 5.75 Å². The van der Waals surface area contributed by atoms with Crippen molar-refractivity contribution in [2.75, 3.05) is 24.6 Å². The second kappa shape index (κ2) is 8.96. The molecule has 170 valence electrons. The molecule has 1 aliphatic rings. The zero-order chi connectivity index (χ0) is 22.9. The molecule has 4 rings (SSSR count). The summed E-state index contributed by atoms with van der Waals surface area (Å²) in [4.78, 5) is 6.57. The molecule has 8 heteroatoms. The van der Waals surface area contributed by atoms with Crippen LogP contribution in [0.3, 0.4) is 0 Å². The van der Waals surface area contributed by atoms with Gasteiger partial charge in [-0.05, 0) is 64.1 Å². The lowest BCUT2D eigenvalue weighted by Crippen LogP contribution is -2.45. The summed E-state index contributed by atoms with van der Waals surface area (Å²) in [6.45, 7) is 9.34. The summed E-state index contributed by atoms with van der Waals surface area (Å²) < 4.78 is 44.5. The molecule has 2 heterocycles. The number of aromatic nitrogens is 1. The molecule has 2 unspecified atom stereocenters. The molecule has 1 saturated heterocycles. The Balaban J connectivity index is 1.80. The van der Waals surface area contributed by atoms with Crippen LogP contribution in [0.15, 0.2) is 62.9 Å². The van der Waals surface area contributed by atoms with Crippen LogP contribution in [-0.4, -0.2) is 45.3 Å². The first kappa shape index (κ1) is 22.4. The lowest BCUT2D eigenvalue weighted by molar-refractivity contribution is -0.00657. The highest BCUT2D eigenvalue weighted by atomic mass is 32.2. The van der Waals surface area contributed by atoms with E-state index in [-0.39, 0.29) is 33.9 Å². The van der Waals surface area contributed by atoms with Gasteiger partial charge in [-0.25, -0.2) is 8.42 Å². The number of benzene rings is 2. The number of hydrogen-bond acceptors (Lipinski definition) is 7. The number of rotatable bonds is 6. The highest BCUT2D eigenvalue weighted by molar-refractivity contribution is 7.91. The number of nitrogens with zero attached hydrogens (tertiary/aromatic N) is 2. The minimum atomic E-state index is -3.89. The molecular formula is C24H28N2O5S. The summed E-state index contributed by atoms with van der Waals surface area (Å²) in [5, 5.41) is -0.0773. The van der Waals surface area contributed by atoms with E-state index in [1.807, 2.05) is 56.9 Å². The second-order valence-corrected chi connectivity index (χ2v) is 9.93. The van der Waals surface area contributed by atoms with Crippen molar-refractivity contribution in [3.8, 4) is 17.2 Å². The van der Waals surface area contributed by atoms with Gasteiger partial charge in [-0.15, -0.1) is 0 Å². The van der Waals surface area contributed by atoms with Crippen molar-refractivity contribution in [3.63, 3.8) is 0 Å². The van der Waals surface area contributed by atoms with E-state index in [0.29, 0.717) is 25.3 Å². The number of oxazole rings is 1. The van der Waals surface area contributed by atoms with Crippen LogP contribution in [0, 0.1) is 6.92 Å². The van der Waals surface area contributed by atoms with Gasteiger partial charge in [-0.2, -0.15) is 4.98 Å². The summed E-state index contributed by atoms with van der Waals surface area (Å²) in [6, 6.07) is 14.0. The quantitative estimate of drug-likeness (QED) is 0.540. The Labute approximate surface area is 188 Å². The van der Waals surface area contributed by atoms with Gasteiger partial charge in [-0.3, -0.25) is 0 Å². The maximum Gasteiger partial charge on any atom is 0.236 e. The van der Waals surface area contributed by atoms with Crippen molar-refractivity contribution in [2.45, 2.75) is 49.8 Å². The van der Waals surface area contributed by atoms with E-state index < -0.39 is 9.84 Å². The Morgan fingerprint density at radius 2 is 1.66 bits per heavy atom. The molecule has 3 aromatic rings. The normalized spacial score (nSPS) is 19.2. The van der Waals surface area contributed by atoms with E-state index in [1.54, 1.807) is 24.3 Å². The van der Waals surface area contributed by atoms with Gasteiger partial charge in [0.2, 0.25) is 26.6 Å². The molecule has 7 nitrogen and oxygen atoms in total. The Morgan fingerprint density at radius 1 is 1.03 bits per heavy atom. The van der Waals surface area contributed by atoms with Crippen LogP contribution < -0.4 is 9.64 Å². The number of aryl methyl sites for hydroxylation is 1. The molecule has 0 spiro atoms. The molecule has 2 aromatic carbocycles. The average Bonchev–Trinajstić information content (AvgIpc) is 3.21. The van der Waals surface area contributed by atoms with Crippen molar-refractivity contribution >= 4 is 15.7 Å². The van der Waals surface area contributed by atoms with Crippen LogP contribution in [0.1, 0.15) is 26.3 Å². The standard InChI is InChI=1S/C24H28N2O5S/c1-5-29-20-10-8-19(9-11-20)22-25-23(32(27,28)21-12-6-16(2)7-13-21)24(31-22)26-14-17(3)30-18(4)15-26/h6-13,17-18H,5,14-15H2,1-4H3. The fourth-order valence-corrected chi connectivity index (χ4v) is 5.15. The first-order chi connectivity index (χ1) is 15.3. The van der Waals surface area contributed by atoms with Gasteiger partial charge >= 0.3 is 0 Å². The highest BCUT2D eigenvalue weighted by Gasteiger charge is 2.34. The summed E-state index contributed by atoms with van der Waals surface area (Å²) in [7, 11) is -3.89. The molecule has 32 heavy (non-hydrogen) atoms. The van der Waals surface area contributed by atoms with Gasteiger partial charge in [0, 0.05) is 18.7 Å². The van der Waals surface area contributed by atoms with Gasteiger partial charge in [0.15, 0.2) is 0 Å². The molecule has 0 saturated carbocycles. The molecule has 0 radical (unpaired) electrons. The number of sulfone groups is 1. The third kappa shape index (κ3) is 4.52. The topological polar surface area (TPSA) is 81.9 Å². The van der Waals surface area contributed by atoms with Crippen LogP contribution in [0.2, 0.25) is 0 Å². The van der Waals surface area contributed by atoms with Gasteiger partial charge < -0.3 is 18.8 Å². The Kier molecular flexibility index (Phi) is 6.26. The monoisotopic (exact) mass is 456 g/mol. The number of hydrogen-bond donors (Lipinski definition) is 0. The lowest BCUT2D eigenvalue weighted by atomic mass is 10.2. The van der Waals surface area contributed by atoms with E-state index in [1.165, 1.54) is 0 Å². The van der Waals surface area contributed by atoms with Crippen LogP contribution >= 0.6 is 0 Å². The summed E-state index contributed by atoms with van der Waals surface area (Å²) in [5.74, 6) is 1.23. The molecule has 0 N–H and O–H groups in total. The minimum absolute atomic E-state index is 0.0623. The van der Waals surface area contributed by atoms with Crippen LogP contribution in [-0.2, 0) is 14.6 Å². The fourth-order valence-electron chi connectivity index (χ4n) is 3.83. The zero-order valence-electron chi connectivity index (χ0n) is 18.7. The highest BCUT2D eigenvalue weighted by Crippen LogP contribution is 2.36. The maximum absolute atomic E-state index is 13.6. The lowest BCUT2D eigenvalue weighted by Gasteiger charge is -2.35. The van der Waals surface area contributed by atoms with Crippen molar-refractivity contribution in [1.29, 1.82) is 0 Å². The number of ether oxygens (including phenoxy) is 2. The van der Waals surface area contributed by atoms with E-state index in [0.717, 1.165) is 11.3 Å². The first-order valence-corrected chi connectivity index (χ1v) is 12.2. The number of anilines is 1. The van der Waals surface area contributed by atoms with Crippen molar-refractivity contribution < 1.29 is 22.3 Å². The number of morpholine rings is 1. The van der Waals surface area contributed by atoms with Crippen molar-refractivity contribution in [2.24, 2.45) is 0 Å². The van der Waals surface area contributed by atoms with Gasteiger partial charge in [-0.1, -0.05) is 17.7 Å². The second-order valence-electron chi connectivity index (χ2n) is 8.07. The summed E-state index contributed by atoms with van der Waals surface area (Å²) >= 11 is 0.